The maximum absolute atomic E-state index is 11.9. The van der Waals surface area contributed by atoms with E-state index in [1.807, 2.05) is 24.4 Å². The van der Waals surface area contributed by atoms with Crippen LogP contribution in [0.15, 0.2) is 48.7 Å². The fraction of sp³-hybridized carbons (Fsp3) is 0.167. The highest BCUT2D eigenvalue weighted by molar-refractivity contribution is 6.30. The highest BCUT2D eigenvalue weighted by atomic mass is 35.5. The van der Waals surface area contributed by atoms with Crippen molar-refractivity contribution >= 4 is 34.2 Å². The number of ether oxygens (including phenoxy) is 1. The smallest absolute Gasteiger partial charge is 0.319 e. The first kappa shape index (κ1) is 16.2. The molecule has 3 aromatic rings. The Morgan fingerprint density at radius 2 is 2.00 bits per heavy atom. The van der Waals surface area contributed by atoms with Gasteiger partial charge in [-0.1, -0.05) is 11.6 Å². The van der Waals surface area contributed by atoms with Gasteiger partial charge in [-0.3, -0.25) is 0 Å². The van der Waals surface area contributed by atoms with Crippen LogP contribution in [0.2, 0.25) is 5.02 Å². The van der Waals surface area contributed by atoms with E-state index in [1.165, 1.54) is 0 Å². The summed E-state index contributed by atoms with van der Waals surface area (Å²) in [5, 5.41) is 7.36. The van der Waals surface area contributed by atoms with Gasteiger partial charge in [-0.15, -0.1) is 0 Å². The number of rotatable bonds is 5. The molecule has 0 atom stereocenters. The molecule has 0 aliphatic carbocycles. The van der Waals surface area contributed by atoms with E-state index in [-0.39, 0.29) is 6.03 Å². The predicted octanol–water partition coefficient (Wildman–Crippen LogP) is 4.19. The molecule has 3 rings (SSSR count). The Balaban J connectivity index is 1.56. The normalized spacial score (nSPS) is 10.6. The van der Waals surface area contributed by atoms with Gasteiger partial charge < -0.3 is 20.4 Å². The van der Waals surface area contributed by atoms with E-state index in [1.54, 1.807) is 31.4 Å². The maximum atomic E-state index is 11.9. The maximum Gasteiger partial charge on any atom is 0.319 e. The fourth-order valence-electron chi connectivity index (χ4n) is 2.51. The molecule has 0 unspecified atom stereocenters. The van der Waals surface area contributed by atoms with Crippen LogP contribution >= 0.6 is 11.6 Å². The Labute approximate surface area is 145 Å². The van der Waals surface area contributed by atoms with Crippen LogP contribution in [0.3, 0.4) is 0 Å². The lowest BCUT2D eigenvalue weighted by Gasteiger charge is -2.07. The summed E-state index contributed by atoms with van der Waals surface area (Å²) in [6, 6.07) is 12.6. The summed E-state index contributed by atoms with van der Waals surface area (Å²) in [6.07, 6.45) is 2.68. The average molecular weight is 344 g/mol. The zero-order valence-corrected chi connectivity index (χ0v) is 14.0. The van der Waals surface area contributed by atoms with Crippen molar-refractivity contribution in [2.24, 2.45) is 0 Å². The third-order valence-electron chi connectivity index (χ3n) is 3.76. The van der Waals surface area contributed by atoms with Gasteiger partial charge in [0.15, 0.2) is 0 Å². The molecule has 0 aliphatic rings. The number of urea groups is 1. The average Bonchev–Trinajstić information content (AvgIpc) is 2.99. The number of anilines is 1. The highest BCUT2D eigenvalue weighted by Crippen LogP contribution is 2.23. The second kappa shape index (κ2) is 7.27. The topological polar surface area (TPSA) is 66.1 Å². The molecule has 0 saturated carbocycles. The van der Waals surface area contributed by atoms with Crippen molar-refractivity contribution in [2.75, 3.05) is 19.0 Å². The van der Waals surface area contributed by atoms with Crippen molar-refractivity contribution in [1.29, 1.82) is 0 Å². The Kier molecular flexibility index (Phi) is 4.91. The quantitative estimate of drug-likeness (QED) is 0.650. The van der Waals surface area contributed by atoms with E-state index < -0.39 is 0 Å². The molecule has 24 heavy (non-hydrogen) atoms. The minimum atomic E-state index is -0.241. The van der Waals surface area contributed by atoms with Crippen molar-refractivity contribution in [2.45, 2.75) is 6.42 Å². The molecule has 0 bridgehead atoms. The second-order valence-electron chi connectivity index (χ2n) is 5.36. The number of halogens is 1. The molecule has 0 saturated heterocycles. The molecule has 5 nitrogen and oxygen atoms in total. The number of aromatic amines is 1. The largest absolute Gasteiger partial charge is 0.497 e. The summed E-state index contributed by atoms with van der Waals surface area (Å²) in [5.41, 5.74) is 2.89. The van der Waals surface area contributed by atoms with Crippen LogP contribution in [0.25, 0.3) is 10.9 Å². The van der Waals surface area contributed by atoms with E-state index in [2.05, 4.69) is 15.6 Å². The standard InChI is InChI=1S/C18H18ClN3O2/c1-24-15-6-7-17-16(10-15)12(11-21-17)8-9-20-18(23)22-14-4-2-13(19)3-5-14/h2-7,10-11,21H,8-9H2,1H3,(H2,20,22,23). The van der Waals surface area contributed by atoms with Gasteiger partial charge in [0.25, 0.3) is 0 Å². The number of benzene rings is 2. The van der Waals surface area contributed by atoms with Crippen LogP contribution in [0.1, 0.15) is 5.56 Å². The van der Waals surface area contributed by atoms with Crippen molar-refractivity contribution in [3.05, 3.63) is 59.2 Å². The number of hydrogen-bond donors (Lipinski definition) is 3. The monoisotopic (exact) mass is 343 g/mol. The zero-order chi connectivity index (χ0) is 16.9. The highest BCUT2D eigenvalue weighted by Gasteiger charge is 2.06. The van der Waals surface area contributed by atoms with Gasteiger partial charge in [-0.25, -0.2) is 4.79 Å². The van der Waals surface area contributed by atoms with Crippen LogP contribution in [0.4, 0.5) is 10.5 Å². The second-order valence-corrected chi connectivity index (χ2v) is 5.80. The first-order chi connectivity index (χ1) is 11.7. The minimum absolute atomic E-state index is 0.241. The Morgan fingerprint density at radius 1 is 1.21 bits per heavy atom. The third kappa shape index (κ3) is 3.81. The molecular weight excluding hydrogens is 326 g/mol. The molecule has 0 fully saturated rings. The molecule has 2 amide bonds. The number of methoxy groups -OCH3 is 1. The molecule has 3 N–H and O–H groups in total. The first-order valence-electron chi connectivity index (χ1n) is 7.60. The SMILES string of the molecule is COc1ccc2[nH]cc(CCNC(=O)Nc3ccc(Cl)cc3)c2c1. The Bertz CT molecular complexity index is 843. The van der Waals surface area contributed by atoms with Gasteiger partial charge >= 0.3 is 6.03 Å². The number of fused-ring (bicyclic) bond motifs is 1. The fourth-order valence-corrected chi connectivity index (χ4v) is 2.64. The van der Waals surface area contributed by atoms with Gasteiger partial charge in [-0.05, 0) is 54.4 Å². The Hall–Kier alpha value is -2.66. The molecule has 0 radical (unpaired) electrons. The van der Waals surface area contributed by atoms with Crippen LogP contribution in [0, 0.1) is 0 Å². The molecular formula is C18H18ClN3O2. The number of aromatic nitrogens is 1. The van der Waals surface area contributed by atoms with E-state index in [0.29, 0.717) is 17.3 Å². The van der Waals surface area contributed by atoms with Crippen LogP contribution in [-0.2, 0) is 6.42 Å². The molecule has 6 heteroatoms. The van der Waals surface area contributed by atoms with E-state index in [4.69, 9.17) is 16.3 Å². The number of H-pyrrole nitrogens is 1. The molecule has 2 aromatic carbocycles. The third-order valence-corrected chi connectivity index (χ3v) is 4.01. The van der Waals surface area contributed by atoms with Crippen LogP contribution < -0.4 is 15.4 Å². The molecule has 1 aromatic heterocycles. The Morgan fingerprint density at radius 3 is 2.75 bits per heavy atom. The minimum Gasteiger partial charge on any atom is -0.497 e. The lowest BCUT2D eigenvalue weighted by molar-refractivity contribution is 0.252. The predicted molar refractivity (Wildman–Crippen MR) is 97.0 cm³/mol. The summed E-state index contributed by atoms with van der Waals surface area (Å²) >= 11 is 5.82. The number of hydrogen-bond acceptors (Lipinski definition) is 2. The van der Waals surface area contributed by atoms with Crippen molar-refractivity contribution in [3.63, 3.8) is 0 Å². The van der Waals surface area contributed by atoms with E-state index >= 15 is 0 Å². The van der Waals surface area contributed by atoms with Crippen LogP contribution in [0.5, 0.6) is 5.75 Å². The van der Waals surface area contributed by atoms with E-state index in [0.717, 1.165) is 28.6 Å². The summed E-state index contributed by atoms with van der Waals surface area (Å²) < 4.78 is 5.26. The van der Waals surface area contributed by atoms with Gasteiger partial charge in [0.2, 0.25) is 0 Å². The molecule has 0 aliphatic heterocycles. The van der Waals surface area contributed by atoms with Gasteiger partial charge in [0.05, 0.1) is 7.11 Å². The number of carbonyl (C=O) groups is 1. The lowest BCUT2D eigenvalue weighted by atomic mass is 10.1. The summed E-state index contributed by atoms with van der Waals surface area (Å²) in [5.74, 6) is 0.816. The summed E-state index contributed by atoms with van der Waals surface area (Å²) in [7, 11) is 1.65. The molecule has 0 spiro atoms. The number of nitrogens with one attached hydrogen (secondary N) is 3. The number of amides is 2. The lowest BCUT2D eigenvalue weighted by Crippen LogP contribution is -2.30. The van der Waals surface area contributed by atoms with Gasteiger partial charge in [0, 0.05) is 34.4 Å². The zero-order valence-electron chi connectivity index (χ0n) is 13.2. The van der Waals surface area contributed by atoms with Crippen molar-refractivity contribution in [3.8, 4) is 5.75 Å². The van der Waals surface area contributed by atoms with Crippen molar-refractivity contribution in [1.82, 2.24) is 10.3 Å². The summed E-state index contributed by atoms with van der Waals surface area (Å²) in [4.78, 5) is 15.1. The van der Waals surface area contributed by atoms with Gasteiger partial charge in [0.1, 0.15) is 5.75 Å². The van der Waals surface area contributed by atoms with Crippen LogP contribution in [-0.4, -0.2) is 24.7 Å². The molecule has 124 valence electrons. The summed E-state index contributed by atoms with van der Waals surface area (Å²) in [6.45, 7) is 0.531. The number of carbonyl (C=O) groups excluding carboxylic acids is 1. The van der Waals surface area contributed by atoms with Gasteiger partial charge in [-0.2, -0.15) is 0 Å². The van der Waals surface area contributed by atoms with Crippen molar-refractivity contribution < 1.29 is 9.53 Å². The van der Waals surface area contributed by atoms with E-state index in [9.17, 15) is 4.79 Å². The molecule has 1 heterocycles. The first-order valence-corrected chi connectivity index (χ1v) is 7.98.